The molecule has 0 saturated heterocycles. The molecule has 3 nitrogen and oxygen atoms in total. The number of hydrogen-bond donors (Lipinski definition) is 1. The summed E-state index contributed by atoms with van der Waals surface area (Å²) in [6.45, 7) is 2.06. The quantitative estimate of drug-likeness (QED) is 0.380. The number of rotatable bonds is 6. The average Bonchev–Trinajstić information content (AvgIpc) is 2.85. The van der Waals surface area contributed by atoms with E-state index in [1.807, 2.05) is 0 Å². The van der Waals surface area contributed by atoms with Crippen LogP contribution in [0.1, 0.15) is 25.7 Å². The highest BCUT2D eigenvalue weighted by Crippen LogP contribution is 2.28. The van der Waals surface area contributed by atoms with Crippen LogP contribution in [0, 0.1) is 5.92 Å². The number of nitrogens with zero attached hydrogens (tertiary/aromatic N) is 2. The van der Waals surface area contributed by atoms with Crippen molar-refractivity contribution in [3.8, 4) is 0 Å². The van der Waals surface area contributed by atoms with Crippen LogP contribution in [-0.2, 0) is 0 Å². The van der Waals surface area contributed by atoms with E-state index in [0.29, 0.717) is 5.92 Å². The van der Waals surface area contributed by atoms with Gasteiger partial charge >= 0.3 is 0 Å². The van der Waals surface area contributed by atoms with Crippen molar-refractivity contribution in [2.45, 2.75) is 25.7 Å². The van der Waals surface area contributed by atoms with E-state index in [-0.39, 0.29) is 0 Å². The SMILES string of the molecule is CN(C)CCCCN=C(N)C1CC1. The lowest BCUT2D eigenvalue weighted by Crippen LogP contribution is -2.15. The van der Waals surface area contributed by atoms with Gasteiger partial charge in [0.2, 0.25) is 0 Å². The van der Waals surface area contributed by atoms with Crippen LogP contribution in [0.15, 0.2) is 4.99 Å². The monoisotopic (exact) mass is 183 g/mol. The zero-order chi connectivity index (χ0) is 9.68. The maximum absolute atomic E-state index is 5.76. The normalized spacial score (nSPS) is 18.2. The van der Waals surface area contributed by atoms with Crippen molar-refractivity contribution in [2.75, 3.05) is 27.2 Å². The number of hydrogen-bond acceptors (Lipinski definition) is 2. The van der Waals surface area contributed by atoms with Crippen molar-refractivity contribution >= 4 is 5.84 Å². The third kappa shape index (κ3) is 4.88. The first-order chi connectivity index (χ1) is 6.20. The minimum Gasteiger partial charge on any atom is -0.387 e. The minimum atomic E-state index is 0.633. The van der Waals surface area contributed by atoms with Crippen molar-refractivity contribution in [1.29, 1.82) is 0 Å². The fourth-order valence-electron chi connectivity index (χ4n) is 1.26. The lowest BCUT2D eigenvalue weighted by molar-refractivity contribution is 0.396. The zero-order valence-corrected chi connectivity index (χ0v) is 8.79. The lowest BCUT2D eigenvalue weighted by atomic mass is 10.3. The highest BCUT2D eigenvalue weighted by molar-refractivity contribution is 5.84. The third-order valence-corrected chi connectivity index (χ3v) is 2.30. The molecular weight excluding hydrogens is 162 g/mol. The Bertz CT molecular complexity index is 171. The molecule has 0 aromatic carbocycles. The Hall–Kier alpha value is -0.570. The summed E-state index contributed by atoms with van der Waals surface area (Å²) in [6, 6.07) is 0. The van der Waals surface area contributed by atoms with Crippen LogP contribution < -0.4 is 5.73 Å². The van der Waals surface area contributed by atoms with Crippen LogP contribution in [0.5, 0.6) is 0 Å². The van der Waals surface area contributed by atoms with Gasteiger partial charge in [0.05, 0.1) is 5.84 Å². The Balaban J connectivity index is 1.96. The van der Waals surface area contributed by atoms with Gasteiger partial charge in [0.15, 0.2) is 0 Å². The Labute approximate surface area is 81.0 Å². The van der Waals surface area contributed by atoms with E-state index in [9.17, 15) is 0 Å². The number of amidine groups is 1. The molecule has 1 saturated carbocycles. The van der Waals surface area contributed by atoms with Crippen molar-refractivity contribution < 1.29 is 0 Å². The maximum Gasteiger partial charge on any atom is 0.0968 e. The van der Waals surface area contributed by atoms with Crippen LogP contribution in [-0.4, -0.2) is 37.9 Å². The predicted molar refractivity (Wildman–Crippen MR) is 57.0 cm³/mol. The highest BCUT2D eigenvalue weighted by Gasteiger charge is 2.24. The van der Waals surface area contributed by atoms with Gasteiger partial charge in [0.25, 0.3) is 0 Å². The van der Waals surface area contributed by atoms with Gasteiger partial charge < -0.3 is 10.6 Å². The summed E-state index contributed by atoms with van der Waals surface area (Å²) < 4.78 is 0. The molecule has 1 fully saturated rings. The van der Waals surface area contributed by atoms with Crippen LogP contribution in [0.3, 0.4) is 0 Å². The van der Waals surface area contributed by atoms with Gasteiger partial charge in [-0.3, -0.25) is 4.99 Å². The highest BCUT2D eigenvalue weighted by atomic mass is 15.0. The lowest BCUT2D eigenvalue weighted by Gasteiger charge is -2.07. The molecule has 1 aliphatic carbocycles. The van der Waals surface area contributed by atoms with Crippen molar-refractivity contribution in [3.63, 3.8) is 0 Å². The second kappa shape index (κ2) is 5.22. The molecule has 1 rings (SSSR count). The van der Waals surface area contributed by atoms with Gasteiger partial charge in [0, 0.05) is 12.5 Å². The van der Waals surface area contributed by atoms with Gasteiger partial charge in [-0.2, -0.15) is 0 Å². The van der Waals surface area contributed by atoms with Crippen LogP contribution in [0.25, 0.3) is 0 Å². The molecule has 0 aromatic rings. The van der Waals surface area contributed by atoms with Crippen LogP contribution >= 0.6 is 0 Å². The van der Waals surface area contributed by atoms with Gasteiger partial charge in [-0.1, -0.05) is 0 Å². The molecule has 0 unspecified atom stereocenters. The zero-order valence-electron chi connectivity index (χ0n) is 8.79. The minimum absolute atomic E-state index is 0.633. The second-order valence-electron chi connectivity index (χ2n) is 4.09. The topological polar surface area (TPSA) is 41.6 Å². The fourth-order valence-corrected chi connectivity index (χ4v) is 1.26. The van der Waals surface area contributed by atoms with Crippen LogP contribution in [0.4, 0.5) is 0 Å². The number of unbranched alkanes of at least 4 members (excludes halogenated alkanes) is 1. The van der Waals surface area contributed by atoms with Gasteiger partial charge in [0.1, 0.15) is 0 Å². The Morgan fingerprint density at radius 2 is 2.08 bits per heavy atom. The molecule has 76 valence electrons. The molecule has 0 bridgehead atoms. The molecule has 0 aromatic heterocycles. The predicted octanol–water partition coefficient (Wildman–Crippen LogP) is 1.10. The smallest absolute Gasteiger partial charge is 0.0968 e. The number of aliphatic imine (C=N–C) groups is 1. The summed E-state index contributed by atoms with van der Waals surface area (Å²) in [5.74, 6) is 1.53. The maximum atomic E-state index is 5.76. The Morgan fingerprint density at radius 3 is 2.62 bits per heavy atom. The standard InChI is InChI=1S/C10H21N3/c1-13(2)8-4-3-7-12-10(11)9-5-6-9/h9H,3-8H2,1-2H3,(H2,11,12). The van der Waals surface area contributed by atoms with Crippen molar-refractivity contribution in [2.24, 2.45) is 16.6 Å². The van der Waals surface area contributed by atoms with Gasteiger partial charge in [-0.05, 0) is 46.3 Å². The van der Waals surface area contributed by atoms with Crippen molar-refractivity contribution in [1.82, 2.24) is 4.90 Å². The first-order valence-corrected chi connectivity index (χ1v) is 5.14. The molecule has 3 heteroatoms. The first-order valence-electron chi connectivity index (χ1n) is 5.14. The molecule has 1 aliphatic rings. The van der Waals surface area contributed by atoms with E-state index in [0.717, 1.165) is 25.3 Å². The van der Waals surface area contributed by atoms with Gasteiger partial charge in [-0.15, -0.1) is 0 Å². The molecule has 0 aliphatic heterocycles. The summed E-state index contributed by atoms with van der Waals surface area (Å²) >= 11 is 0. The van der Waals surface area contributed by atoms with Crippen molar-refractivity contribution in [3.05, 3.63) is 0 Å². The summed E-state index contributed by atoms with van der Waals surface area (Å²) in [5, 5.41) is 0. The summed E-state index contributed by atoms with van der Waals surface area (Å²) in [7, 11) is 4.20. The van der Waals surface area contributed by atoms with Gasteiger partial charge in [-0.25, -0.2) is 0 Å². The second-order valence-corrected chi connectivity index (χ2v) is 4.09. The van der Waals surface area contributed by atoms with E-state index >= 15 is 0 Å². The number of nitrogens with two attached hydrogens (primary N) is 1. The first kappa shape index (κ1) is 10.5. The molecule has 0 amide bonds. The Morgan fingerprint density at radius 1 is 1.38 bits per heavy atom. The summed E-state index contributed by atoms with van der Waals surface area (Å²) in [5.41, 5.74) is 5.76. The molecule has 0 spiro atoms. The molecule has 0 atom stereocenters. The summed E-state index contributed by atoms with van der Waals surface area (Å²) in [6.07, 6.45) is 4.89. The summed E-state index contributed by atoms with van der Waals surface area (Å²) in [4.78, 5) is 6.56. The van der Waals surface area contributed by atoms with Crippen LogP contribution in [0.2, 0.25) is 0 Å². The van der Waals surface area contributed by atoms with E-state index in [4.69, 9.17) is 5.73 Å². The molecule has 2 N–H and O–H groups in total. The fraction of sp³-hybridized carbons (Fsp3) is 0.900. The van der Waals surface area contributed by atoms with E-state index in [2.05, 4.69) is 24.0 Å². The molecule has 13 heavy (non-hydrogen) atoms. The third-order valence-electron chi connectivity index (χ3n) is 2.30. The largest absolute Gasteiger partial charge is 0.387 e. The molecule has 0 radical (unpaired) electrons. The van der Waals surface area contributed by atoms with E-state index < -0.39 is 0 Å². The molecule has 0 heterocycles. The average molecular weight is 183 g/mol. The Kier molecular flexibility index (Phi) is 4.22. The van der Waals surface area contributed by atoms with E-state index in [1.54, 1.807) is 0 Å². The van der Waals surface area contributed by atoms with E-state index in [1.165, 1.54) is 19.3 Å². The molecular formula is C10H21N3.